The van der Waals surface area contributed by atoms with E-state index in [-0.39, 0.29) is 5.56 Å². The number of aryl methyl sites for hydroxylation is 2. The third-order valence-corrected chi connectivity index (χ3v) is 3.43. The Morgan fingerprint density at radius 2 is 2.28 bits per heavy atom. The van der Waals surface area contributed by atoms with Gasteiger partial charge in [0.2, 0.25) is 0 Å². The molecule has 0 fully saturated rings. The van der Waals surface area contributed by atoms with Crippen molar-refractivity contribution in [3.05, 3.63) is 42.1 Å². The normalized spacial score (nSPS) is 10.5. The SMILES string of the molecule is Cn1ccnc1CCSc1ccc(C(=O)O)cn1. The van der Waals surface area contributed by atoms with E-state index in [1.807, 2.05) is 17.8 Å². The van der Waals surface area contributed by atoms with E-state index in [1.54, 1.807) is 30.1 Å². The molecule has 0 aliphatic heterocycles. The van der Waals surface area contributed by atoms with Gasteiger partial charge in [-0.05, 0) is 12.1 Å². The van der Waals surface area contributed by atoms with Gasteiger partial charge in [0.1, 0.15) is 5.82 Å². The van der Waals surface area contributed by atoms with Gasteiger partial charge in [0.05, 0.1) is 10.6 Å². The highest BCUT2D eigenvalue weighted by atomic mass is 32.2. The van der Waals surface area contributed by atoms with Crippen LogP contribution < -0.4 is 0 Å². The number of aromatic nitrogens is 3. The summed E-state index contributed by atoms with van der Waals surface area (Å²) in [6.45, 7) is 0. The van der Waals surface area contributed by atoms with Gasteiger partial charge in [-0.1, -0.05) is 0 Å². The third kappa shape index (κ3) is 3.10. The molecule has 0 atom stereocenters. The fourth-order valence-corrected chi connectivity index (χ4v) is 2.26. The first-order chi connectivity index (χ1) is 8.66. The van der Waals surface area contributed by atoms with Crippen molar-refractivity contribution >= 4 is 17.7 Å². The minimum Gasteiger partial charge on any atom is -0.478 e. The van der Waals surface area contributed by atoms with E-state index in [1.165, 1.54) is 6.20 Å². The molecular weight excluding hydrogens is 250 g/mol. The number of pyridine rings is 1. The second-order valence-electron chi connectivity index (χ2n) is 3.74. The topological polar surface area (TPSA) is 68.0 Å². The van der Waals surface area contributed by atoms with Gasteiger partial charge in [0.15, 0.2) is 0 Å². The second kappa shape index (κ2) is 5.68. The summed E-state index contributed by atoms with van der Waals surface area (Å²) in [6.07, 6.45) is 5.93. The Morgan fingerprint density at radius 3 is 2.83 bits per heavy atom. The smallest absolute Gasteiger partial charge is 0.337 e. The van der Waals surface area contributed by atoms with Gasteiger partial charge < -0.3 is 9.67 Å². The van der Waals surface area contributed by atoms with Crippen molar-refractivity contribution < 1.29 is 9.90 Å². The standard InChI is InChI=1S/C12H13N3O2S/c1-15-6-5-13-10(15)4-7-18-11-3-2-9(8-14-11)12(16)17/h2-3,5-6,8H,4,7H2,1H3,(H,16,17). The number of carboxylic acid groups (broad SMARTS) is 1. The lowest BCUT2D eigenvalue weighted by Crippen LogP contribution is -2.00. The number of carboxylic acids is 1. The lowest BCUT2D eigenvalue weighted by atomic mass is 10.3. The molecule has 2 heterocycles. The van der Waals surface area contributed by atoms with Crippen molar-refractivity contribution in [3.8, 4) is 0 Å². The van der Waals surface area contributed by atoms with Gasteiger partial charge in [0.25, 0.3) is 0 Å². The largest absolute Gasteiger partial charge is 0.478 e. The number of imidazole rings is 1. The first-order valence-corrected chi connectivity index (χ1v) is 6.44. The Morgan fingerprint density at radius 1 is 1.44 bits per heavy atom. The maximum absolute atomic E-state index is 10.7. The van der Waals surface area contributed by atoms with Gasteiger partial charge in [0, 0.05) is 37.8 Å². The summed E-state index contributed by atoms with van der Waals surface area (Å²) in [6, 6.07) is 3.30. The molecule has 0 unspecified atom stereocenters. The maximum Gasteiger partial charge on any atom is 0.337 e. The summed E-state index contributed by atoms with van der Waals surface area (Å²) in [5, 5.41) is 9.58. The quantitative estimate of drug-likeness (QED) is 0.834. The number of aromatic carboxylic acids is 1. The molecule has 2 rings (SSSR count). The zero-order chi connectivity index (χ0) is 13.0. The molecule has 0 saturated heterocycles. The molecule has 2 aromatic rings. The van der Waals surface area contributed by atoms with Crippen LogP contribution in [0.25, 0.3) is 0 Å². The Kier molecular flexibility index (Phi) is 3.99. The molecule has 94 valence electrons. The van der Waals surface area contributed by atoms with Gasteiger partial charge >= 0.3 is 5.97 Å². The van der Waals surface area contributed by atoms with Crippen LogP contribution in [0.5, 0.6) is 0 Å². The van der Waals surface area contributed by atoms with E-state index in [9.17, 15) is 4.79 Å². The molecule has 0 amide bonds. The summed E-state index contributed by atoms with van der Waals surface area (Å²) >= 11 is 1.59. The number of nitrogens with zero attached hydrogens (tertiary/aromatic N) is 3. The van der Waals surface area contributed by atoms with Crippen molar-refractivity contribution in [2.24, 2.45) is 7.05 Å². The van der Waals surface area contributed by atoms with E-state index in [2.05, 4.69) is 9.97 Å². The average molecular weight is 263 g/mol. The molecule has 1 N–H and O–H groups in total. The predicted molar refractivity (Wildman–Crippen MR) is 68.8 cm³/mol. The van der Waals surface area contributed by atoms with Crippen molar-refractivity contribution in [1.82, 2.24) is 14.5 Å². The summed E-state index contributed by atoms with van der Waals surface area (Å²) in [5.41, 5.74) is 0.212. The molecule has 0 saturated carbocycles. The molecule has 0 aliphatic rings. The van der Waals surface area contributed by atoms with Gasteiger partial charge in [-0.15, -0.1) is 11.8 Å². The molecule has 18 heavy (non-hydrogen) atoms. The zero-order valence-electron chi connectivity index (χ0n) is 9.91. The predicted octanol–water partition coefficient (Wildman–Crippen LogP) is 1.85. The van der Waals surface area contributed by atoms with Crippen LogP contribution in [0.4, 0.5) is 0 Å². The monoisotopic (exact) mass is 263 g/mol. The molecule has 0 radical (unpaired) electrons. The molecule has 0 bridgehead atoms. The van der Waals surface area contributed by atoms with Crippen LogP contribution in [0.3, 0.4) is 0 Å². The summed E-state index contributed by atoms with van der Waals surface area (Å²) < 4.78 is 1.99. The van der Waals surface area contributed by atoms with Crippen molar-refractivity contribution in [2.75, 3.05) is 5.75 Å². The maximum atomic E-state index is 10.7. The van der Waals surface area contributed by atoms with Crippen molar-refractivity contribution in [1.29, 1.82) is 0 Å². The van der Waals surface area contributed by atoms with Gasteiger partial charge in [-0.3, -0.25) is 0 Å². The lowest BCUT2D eigenvalue weighted by Gasteiger charge is -2.02. The van der Waals surface area contributed by atoms with E-state index in [0.717, 1.165) is 23.0 Å². The highest BCUT2D eigenvalue weighted by molar-refractivity contribution is 7.99. The number of carbonyl (C=O) groups is 1. The first-order valence-electron chi connectivity index (χ1n) is 5.45. The first kappa shape index (κ1) is 12.6. The Hall–Kier alpha value is -1.82. The second-order valence-corrected chi connectivity index (χ2v) is 4.86. The summed E-state index contributed by atoms with van der Waals surface area (Å²) in [4.78, 5) is 19.0. The van der Waals surface area contributed by atoms with E-state index in [0.29, 0.717) is 0 Å². The molecule has 5 nitrogen and oxygen atoms in total. The molecule has 0 aromatic carbocycles. The number of hydrogen-bond donors (Lipinski definition) is 1. The van der Waals surface area contributed by atoms with Crippen LogP contribution in [0.1, 0.15) is 16.2 Å². The van der Waals surface area contributed by atoms with Crippen molar-refractivity contribution in [2.45, 2.75) is 11.4 Å². The summed E-state index contributed by atoms with van der Waals surface area (Å²) in [5.74, 6) is 0.946. The number of hydrogen-bond acceptors (Lipinski definition) is 4. The number of rotatable bonds is 5. The van der Waals surface area contributed by atoms with E-state index in [4.69, 9.17) is 5.11 Å². The van der Waals surface area contributed by atoms with Gasteiger partial charge in [-0.2, -0.15) is 0 Å². The van der Waals surface area contributed by atoms with Crippen LogP contribution in [0.15, 0.2) is 35.7 Å². The van der Waals surface area contributed by atoms with Gasteiger partial charge in [-0.25, -0.2) is 14.8 Å². The highest BCUT2D eigenvalue weighted by Crippen LogP contribution is 2.16. The lowest BCUT2D eigenvalue weighted by molar-refractivity contribution is 0.0696. The van der Waals surface area contributed by atoms with Crippen LogP contribution in [-0.2, 0) is 13.5 Å². The fraction of sp³-hybridized carbons (Fsp3) is 0.250. The Labute approximate surface area is 109 Å². The number of thioether (sulfide) groups is 1. The van der Waals surface area contributed by atoms with E-state index < -0.39 is 5.97 Å². The third-order valence-electron chi connectivity index (χ3n) is 2.48. The molecule has 0 aliphatic carbocycles. The zero-order valence-corrected chi connectivity index (χ0v) is 10.7. The molecule has 6 heteroatoms. The fourth-order valence-electron chi connectivity index (χ4n) is 1.48. The minimum absolute atomic E-state index is 0.212. The highest BCUT2D eigenvalue weighted by Gasteiger charge is 2.04. The summed E-state index contributed by atoms with van der Waals surface area (Å²) in [7, 11) is 1.97. The molecular formula is C12H13N3O2S. The Balaban J connectivity index is 1.87. The molecule has 2 aromatic heterocycles. The molecule has 0 spiro atoms. The van der Waals surface area contributed by atoms with Crippen LogP contribution >= 0.6 is 11.8 Å². The van der Waals surface area contributed by atoms with Crippen LogP contribution in [0, 0.1) is 0 Å². The average Bonchev–Trinajstić information content (AvgIpc) is 2.76. The van der Waals surface area contributed by atoms with E-state index >= 15 is 0 Å². The van der Waals surface area contributed by atoms with Crippen LogP contribution in [0.2, 0.25) is 0 Å². The Bertz CT molecular complexity index is 537. The minimum atomic E-state index is -0.952. The van der Waals surface area contributed by atoms with Crippen molar-refractivity contribution in [3.63, 3.8) is 0 Å². The van der Waals surface area contributed by atoms with Crippen LogP contribution in [-0.4, -0.2) is 31.4 Å².